The molecule has 3 nitrogen and oxygen atoms in total. The Morgan fingerprint density at radius 1 is 1.20 bits per heavy atom. The van der Waals surface area contributed by atoms with E-state index in [-0.39, 0.29) is 23.7 Å². The monoisotopic (exact) mass is 286 g/mol. The molecule has 0 radical (unpaired) electrons. The molecule has 1 aliphatic rings. The van der Waals surface area contributed by atoms with Gasteiger partial charge in [-0.2, -0.15) is 0 Å². The van der Waals surface area contributed by atoms with Crippen LogP contribution in [-0.2, 0) is 14.2 Å². The summed E-state index contributed by atoms with van der Waals surface area (Å²) in [5.41, 5.74) is 0.268. The molecule has 1 heterocycles. The number of methoxy groups -OCH3 is 1. The van der Waals surface area contributed by atoms with Crippen LogP contribution in [0.4, 0.5) is 0 Å². The van der Waals surface area contributed by atoms with Gasteiger partial charge < -0.3 is 14.2 Å². The zero-order chi connectivity index (χ0) is 15.2. The molecule has 0 spiro atoms. The van der Waals surface area contributed by atoms with Crippen molar-refractivity contribution < 1.29 is 14.2 Å². The van der Waals surface area contributed by atoms with E-state index in [9.17, 15) is 0 Å². The Kier molecular flexibility index (Phi) is 7.49. The fraction of sp³-hybridized carbons (Fsp3) is 1.00. The third kappa shape index (κ3) is 4.71. The van der Waals surface area contributed by atoms with Gasteiger partial charge in [-0.25, -0.2) is 0 Å². The summed E-state index contributed by atoms with van der Waals surface area (Å²) >= 11 is 0. The minimum Gasteiger partial charge on any atom is -0.382 e. The van der Waals surface area contributed by atoms with Crippen molar-refractivity contribution in [1.82, 2.24) is 0 Å². The smallest absolute Gasteiger partial charge is 0.107 e. The zero-order valence-electron chi connectivity index (χ0n) is 14.3. The van der Waals surface area contributed by atoms with Crippen molar-refractivity contribution in [2.24, 2.45) is 5.41 Å². The predicted molar refractivity (Wildman–Crippen MR) is 83.1 cm³/mol. The van der Waals surface area contributed by atoms with Crippen molar-refractivity contribution in [3.63, 3.8) is 0 Å². The summed E-state index contributed by atoms with van der Waals surface area (Å²) in [4.78, 5) is 0. The number of ether oxygens (including phenoxy) is 3. The highest BCUT2D eigenvalue weighted by molar-refractivity contribution is 4.93. The normalized spacial score (nSPS) is 27.4. The summed E-state index contributed by atoms with van der Waals surface area (Å²) in [5, 5.41) is 0. The molecule has 0 bridgehead atoms. The van der Waals surface area contributed by atoms with Crippen LogP contribution < -0.4 is 0 Å². The number of hydrogen-bond donors (Lipinski definition) is 0. The van der Waals surface area contributed by atoms with E-state index < -0.39 is 0 Å². The molecular weight excluding hydrogens is 252 g/mol. The van der Waals surface area contributed by atoms with Crippen LogP contribution in [0.5, 0.6) is 0 Å². The Hall–Kier alpha value is -0.120. The highest BCUT2D eigenvalue weighted by Crippen LogP contribution is 2.42. The Morgan fingerprint density at radius 3 is 2.25 bits per heavy atom. The van der Waals surface area contributed by atoms with Gasteiger partial charge in [0.2, 0.25) is 0 Å². The van der Waals surface area contributed by atoms with Gasteiger partial charge in [0.25, 0.3) is 0 Å². The van der Waals surface area contributed by atoms with Crippen LogP contribution in [-0.4, -0.2) is 38.1 Å². The van der Waals surface area contributed by atoms with E-state index in [2.05, 4.69) is 34.6 Å². The first-order valence-electron chi connectivity index (χ1n) is 8.26. The van der Waals surface area contributed by atoms with Gasteiger partial charge in [0.1, 0.15) is 6.10 Å². The Morgan fingerprint density at radius 2 is 1.80 bits per heavy atom. The molecular formula is C17H34O3. The van der Waals surface area contributed by atoms with Crippen molar-refractivity contribution in [1.29, 1.82) is 0 Å². The van der Waals surface area contributed by atoms with Crippen molar-refractivity contribution in [2.75, 3.05) is 13.7 Å². The summed E-state index contributed by atoms with van der Waals surface area (Å²) in [6.07, 6.45) is 6.66. The van der Waals surface area contributed by atoms with Crippen LogP contribution in [0.25, 0.3) is 0 Å². The molecule has 0 aromatic rings. The van der Waals surface area contributed by atoms with Crippen LogP contribution in [0.2, 0.25) is 0 Å². The Balaban J connectivity index is 2.75. The number of hydrogen-bond acceptors (Lipinski definition) is 3. The lowest BCUT2D eigenvalue weighted by Crippen LogP contribution is -2.33. The fourth-order valence-electron chi connectivity index (χ4n) is 3.56. The molecule has 0 aromatic heterocycles. The van der Waals surface area contributed by atoms with Crippen LogP contribution in [0.3, 0.4) is 0 Å². The average Bonchev–Trinajstić information content (AvgIpc) is 2.73. The average molecular weight is 286 g/mol. The topological polar surface area (TPSA) is 27.7 Å². The quantitative estimate of drug-likeness (QED) is 0.636. The third-order valence-electron chi connectivity index (χ3n) is 4.40. The summed E-state index contributed by atoms with van der Waals surface area (Å²) in [6, 6.07) is 0. The molecule has 3 unspecified atom stereocenters. The first-order chi connectivity index (χ1) is 9.46. The Labute approximate surface area is 125 Å². The summed E-state index contributed by atoms with van der Waals surface area (Å²) in [5.74, 6) is 0. The first-order valence-corrected chi connectivity index (χ1v) is 8.26. The van der Waals surface area contributed by atoms with E-state index in [0.29, 0.717) is 12.7 Å². The van der Waals surface area contributed by atoms with Crippen molar-refractivity contribution in [3.05, 3.63) is 0 Å². The highest BCUT2D eigenvalue weighted by atomic mass is 16.6. The second-order valence-corrected chi connectivity index (χ2v) is 6.73. The van der Waals surface area contributed by atoms with Gasteiger partial charge >= 0.3 is 0 Å². The van der Waals surface area contributed by atoms with E-state index >= 15 is 0 Å². The molecule has 3 heteroatoms. The van der Waals surface area contributed by atoms with Gasteiger partial charge in [0.05, 0.1) is 24.9 Å². The molecule has 120 valence electrons. The fourth-order valence-corrected chi connectivity index (χ4v) is 3.56. The molecule has 1 rings (SSSR count). The van der Waals surface area contributed by atoms with Crippen molar-refractivity contribution in [3.8, 4) is 0 Å². The maximum Gasteiger partial charge on any atom is 0.107 e. The van der Waals surface area contributed by atoms with E-state index in [1.165, 1.54) is 25.7 Å². The lowest BCUT2D eigenvalue weighted by Gasteiger charge is -2.35. The zero-order valence-corrected chi connectivity index (χ0v) is 14.3. The van der Waals surface area contributed by atoms with Crippen LogP contribution >= 0.6 is 0 Å². The summed E-state index contributed by atoms with van der Waals surface area (Å²) in [7, 11) is 1.74. The van der Waals surface area contributed by atoms with Crippen LogP contribution in [0.1, 0.15) is 66.7 Å². The second-order valence-electron chi connectivity index (χ2n) is 6.73. The van der Waals surface area contributed by atoms with E-state index in [1.807, 2.05) is 0 Å². The SMILES string of the molecule is CCCC(C)(CCC)C1CC(OC(C)C)C(COC)O1. The van der Waals surface area contributed by atoms with E-state index in [1.54, 1.807) is 7.11 Å². The van der Waals surface area contributed by atoms with Crippen LogP contribution in [0.15, 0.2) is 0 Å². The molecule has 0 aromatic carbocycles. The summed E-state index contributed by atoms with van der Waals surface area (Å²) < 4.78 is 17.7. The molecule has 0 saturated carbocycles. The molecule has 0 N–H and O–H groups in total. The third-order valence-corrected chi connectivity index (χ3v) is 4.40. The maximum absolute atomic E-state index is 6.34. The van der Waals surface area contributed by atoms with Gasteiger partial charge in [0, 0.05) is 13.5 Å². The van der Waals surface area contributed by atoms with Gasteiger partial charge in [-0.15, -0.1) is 0 Å². The minimum absolute atomic E-state index is 0.0837. The lowest BCUT2D eigenvalue weighted by atomic mass is 9.75. The van der Waals surface area contributed by atoms with Gasteiger partial charge in [0.15, 0.2) is 0 Å². The molecule has 1 aliphatic heterocycles. The summed E-state index contributed by atoms with van der Waals surface area (Å²) in [6.45, 7) is 11.7. The molecule has 1 saturated heterocycles. The van der Waals surface area contributed by atoms with Crippen molar-refractivity contribution in [2.45, 2.75) is 91.1 Å². The van der Waals surface area contributed by atoms with Crippen LogP contribution in [0, 0.1) is 5.41 Å². The number of rotatable bonds is 9. The van der Waals surface area contributed by atoms with Crippen molar-refractivity contribution >= 4 is 0 Å². The maximum atomic E-state index is 6.34. The van der Waals surface area contributed by atoms with Gasteiger partial charge in [-0.3, -0.25) is 0 Å². The molecule has 0 amide bonds. The Bertz CT molecular complexity index is 259. The molecule has 0 aliphatic carbocycles. The largest absolute Gasteiger partial charge is 0.382 e. The first kappa shape index (κ1) is 17.9. The molecule has 1 fully saturated rings. The van der Waals surface area contributed by atoms with Gasteiger partial charge in [-0.1, -0.05) is 33.6 Å². The standard InChI is InChI=1S/C17H34O3/c1-7-9-17(5,10-8-2)16-11-14(19-13(3)4)15(20-16)12-18-6/h13-16H,7-12H2,1-6H3. The van der Waals surface area contributed by atoms with E-state index in [4.69, 9.17) is 14.2 Å². The second kappa shape index (κ2) is 8.35. The lowest BCUT2D eigenvalue weighted by molar-refractivity contribution is -0.0908. The molecule has 3 atom stereocenters. The van der Waals surface area contributed by atoms with Gasteiger partial charge in [-0.05, 0) is 32.1 Å². The minimum atomic E-state index is 0.0837. The molecule has 20 heavy (non-hydrogen) atoms. The van der Waals surface area contributed by atoms with E-state index in [0.717, 1.165) is 6.42 Å². The highest BCUT2D eigenvalue weighted by Gasteiger charge is 2.44. The predicted octanol–water partition coefficient (Wildman–Crippen LogP) is 4.19.